The third-order valence-corrected chi connectivity index (χ3v) is 9.18. The predicted octanol–water partition coefficient (Wildman–Crippen LogP) is 6.23. The topological polar surface area (TPSA) is 37.3 Å². The standard InChI is InChI=1S/C26H31ClO2/c1-25-11-9-20(28)15-18(25)5-8-21-22(25)10-12-26(2)23(21)14-17(24(26)29)13-16-3-6-19(27)7-4-16/h3-7,13,20-23,28H,8-12,14-15H2,1-2H3/t20-,21-,22-,23+,25-,26+/m0/s1. The van der Waals surface area contributed by atoms with Gasteiger partial charge in [-0.1, -0.05) is 49.2 Å². The number of rotatable bonds is 1. The Morgan fingerprint density at radius 1 is 1.03 bits per heavy atom. The van der Waals surface area contributed by atoms with Crippen LogP contribution in [0.5, 0.6) is 0 Å². The lowest BCUT2D eigenvalue weighted by atomic mass is 9.48. The lowest BCUT2D eigenvalue weighted by Crippen LogP contribution is -2.50. The Bertz CT molecular complexity index is 898. The van der Waals surface area contributed by atoms with Gasteiger partial charge >= 0.3 is 0 Å². The summed E-state index contributed by atoms with van der Waals surface area (Å²) in [6.07, 6.45) is 11.3. The minimum absolute atomic E-state index is 0.165. The smallest absolute Gasteiger partial charge is 0.165 e. The highest BCUT2D eigenvalue weighted by Crippen LogP contribution is 2.64. The van der Waals surface area contributed by atoms with Gasteiger partial charge in [0, 0.05) is 10.4 Å². The summed E-state index contributed by atoms with van der Waals surface area (Å²) in [5.74, 6) is 2.04. The fourth-order valence-electron chi connectivity index (χ4n) is 7.20. The zero-order valence-corrected chi connectivity index (χ0v) is 18.2. The molecule has 1 aromatic carbocycles. The van der Waals surface area contributed by atoms with E-state index in [0.717, 1.165) is 61.1 Å². The molecule has 29 heavy (non-hydrogen) atoms. The van der Waals surface area contributed by atoms with Crippen molar-refractivity contribution in [2.75, 3.05) is 0 Å². The average molecular weight is 411 g/mol. The molecular formula is C26H31ClO2. The molecular weight excluding hydrogens is 380 g/mol. The van der Waals surface area contributed by atoms with E-state index < -0.39 is 0 Å². The fourth-order valence-corrected chi connectivity index (χ4v) is 7.33. The quantitative estimate of drug-likeness (QED) is 0.440. The number of aliphatic hydroxyl groups excluding tert-OH is 1. The van der Waals surface area contributed by atoms with Crippen molar-refractivity contribution in [3.63, 3.8) is 0 Å². The Labute approximate surface area is 179 Å². The molecule has 4 aliphatic rings. The minimum atomic E-state index is -0.213. The van der Waals surface area contributed by atoms with E-state index in [0.29, 0.717) is 23.5 Å². The molecule has 2 nitrogen and oxygen atoms in total. The number of benzene rings is 1. The maximum atomic E-state index is 13.5. The molecule has 0 unspecified atom stereocenters. The summed E-state index contributed by atoms with van der Waals surface area (Å²) in [5, 5.41) is 10.9. The zero-order valence-electron chi connectivity index (χ0n) is 17.5. The first-order valence-corrected chi connectivity index (χ1v) is 11.6. The number of hydrogen-bond acceptors (Lipinski definition) is 2. The van der Waals surface area contributed by atoms with Gasteiger partial charge in [0.05, 0.1) is 6.10 Å². The monoisotopic (exact) mass is 410 g/mol. The molecule has 3 heteroatoms. The molecule has 154 valence electrons. The molecule has 0 heterocycles. The number of Topliss-reactive ketones (excluding diaryl/α,β-unsaturated/α-hetero) is 1. The molecule has 6 atom stereocenters. The van der Waals surface area contributed by atoms with Gasteiger partial charge in [0.15, 0.2) is 5.78 Å². The molecule has 5 rings (SSSR count). The summed E-state index contributed by atoms with van der Waals surface area (Å²) >= 11 is 6.02. The second kappa shape index (κ2) is 6.82. The van der Waals surface area contributed by atoms with Gasteiger partial charge in [-0.05, 0) is 97.5 Å². The number of ketones is 1. The van der Waals surface area contributed by atoms with Crippen molar-refractivity contribution < 1.29 is 9.90 Å². The van der Waals surface area contributed by atoms with Crippen molar-refractivity contribution in [1.82, 2.24) is 0 Å². The Hall–Kier alpha value is -1.38. The Balaban J connectivity index is 1.47. The molecule has 0 radical (unpaired) electrons. The second-order valence-corrected chi connectivity index (χ2v) is 10.8. The molecule has 3 fully saturated rings. The number of hydrogen-bond donors (Lipinski definition) is 1. The largest absolute Gasteiger partial charge is 0.393 e. The number of allylic oxidation sites excluding steroid dienone is 2. The van der Waals surface area contributed by atoms with Gasteiger partial charge < -0.3 is 5.11 Å². The van der Waals surface area contributed by atoms with Gasteiger partial charge in [-0.15, -0.1) is 0 Å². The van der Waals surface area contributed by atoms with Crippen molar-refractivity contribution in [3.8, 4) is 0 Å². The summed E-state index contributed by atoms with van der Waals surface area (Å²) < 4.78 is 0. The maximum Gasteiger partial charge on any atom is 0.165 e. The van der Waals surface area contributed by atoms with Gasteiger partial charge in [-0.2, -0.15) is 0 Å². The fraction of sp³-hybridized carbons (Fsp3) is 0.577. The molecule has 1 aromatic rings. The Morgan fingerprint density at radius 2 is 1.76 bits per heavy atom. The van der Waals surface area contributed by atoms with Crippen molar-refractivity contribution in [2.24, 2.45) is 28.6 Å². The summed E-state index contributed by atoms with van der Waals surface area (Å²) in [5.41, 5.74) is 3.56. The van der Waals surface area contributed by atoms with Crippen molar-refractivity contribution >= 4 is 23.5 Å². The van der Waals surface area contributed by atoms with Crippen LogP contribution in [0.2, 0.25) is 5.02 Å². The van der Waals surface area contributed by atoms with Crippen LogP contribution in [0.15, 0.2) is 41.5 Å². The van der Waals surface area contributed by atoms with Crippen LogP contribution >= 0.6 is 11.6 Å². The highest BCUT2D eigenvalue weighted by Gasteiger charge is 2.59. The molecule has 4 aliphatic carbocycles. The van der Waals surface area contributed by atoms with Gasteiger partial charge in [0.2, 0.25) is 0 Å². The predicted molar refractivity (Wildman–Crippen MR) is 118 cm³/mol. The number of aliphatic hydroxyl groups is 1. The van der Waals surface area contributed by atoms with Gasteiger partial charge in [0.25, 0.3) is 0 Å². The lowest BCUT2D eigenvalue weighted by molar-refractivity contribution is -0.130. The van der Waals surface area contributed by atoms with Crippen LogP contribution in [0, 0.1) is 28.6 Å². The first-order chi connectivity index (χ1) is 13.8. The molecule has 1 N–H and O–H groups in total. The van der Waals surface area contributed by atoms with Crippen LogP contribution in [0.1, 0.15) is 64.4 Å². The first kappa shape index (κ1) is 19.6. The number of fused-ring (bicyclic) bond motifs is 5. The normalized spacial score (nSPS) is 42.8. The molecule has 0 bridgehead atoms. The van der Waals surface area contributed by atoms with Crippen LogP contribution < -0.4 is 0 Å². The molecule has 0 spiro atoms. The molecule has 3 saturated carbocycles. The van der Waals surface area contributed by atoms with Crippen LogP contribution in [-0.4, -0.2) is 17.0 Å². The Morgan fingerprint density at radius 3 is 2.52 bits per heavy atom. The summed E-state index contributed by atoms with van der Waals surface area (Å²) in [4.78, 5) is 13.5. The zero-order chi connectivity index (χ0) is 20.4. The molecule has 0 aromatic heterocycles. The SMILES string of the molecule is C[C@@]12CC[C@H]3[C@H](CC=C4C[C@@H](O)CC[C@@]43C)[C@H]1CC(=Cc1ccc(Cl)cc1)C2=O. The van der Waals surface area contributed by atoms with Gasteiger partial charge in [-0.3, -0.25) is 4.79 Å². The minimum Gasteiger partial charge on any atom is -0.393 e. The highest BCUT2D eigenvalue weighted by atomic mass is 35.5. The number of carbonyl (C=O) groups is 1. The lowest BCUT2D eigenvalue weighted by Gasteiger charge is -2.56. The van der Waals surface area contributed by atoms with Gasteiger partial charge in [0.1, 0.15) is 0 Å². The van der Waals surface area contributed by atoms with Crippen molar-refractivity contribution in [2.45, 2.75) is 64.9 Å². The molecule has 0 aliphatic heterocycles. The summed E-state index contributed by atoms with van der Waals surface area (Å²) in [7, 11) is 0. The van der Waals surface area contributed by atoms with Crippen LogP contribution in [-0.2, 0) is 4.79 Å². The van der Waals surface area contributed by atoms with Gasteiger partial charge in [-0.25, -0.2) is 0 Å². The second-order valence-electron chi connectivity index (χ2n) is 10.4. The van der Waals surface area contributed by atoms with E-state index in [2.05, 4.69) is 26.0 Å². The number of halogens is 1. The highest BCUT2D eigenvalue weighted by molar-refractivity contribution is 6.30. The molecule has 0 amide bonds. The third kappa shape index (κ3) is 2.98. The third-order valence-electron chi connectivity index (χ3n) is 8.93. The number of carbonyl (C=O) groups excluding carboxylic acids is 1. The van der Waals surface area contributed by atoms with E-state index >= 15 is 0 Å². The molecule has 0 saturated heterocycles. The van der Waals surface area contributed by atoms with E-state index in [1.807, 2.05) is 24.3 Å². The van der Waals surface area contributed by atoms with E-state index in [4.69, 9.17) is 11.6 Å². The van der Waals surface area contributed by atoms with E-state index in [9.17, 15) is 9.90 Å². The summed E-state index contributed by atoms with van der Waals surface area (Å²) in [6.45, 7) is 4.66. The van der Waals surface area contributed by atoms with Crippen molar-refractivity contribution in [1.29, 1.82) is 0 Å². The van der Waals surface area contributed by atoms with Crippen LogP contribution in [0.25, 0.3) is 6.08 Å². The van der Waals surface area contributed by atoms with E-state index in [1.54, 1.807) is 0 Å². The van der Waals surface area contributed by atoms with E-state index in [1.165, 1.54) is 5.57 Å². The first-order valence-electron chi connectivity index (χ1n) is 11.2. The van der Waals surface area contributed by atoms with Crippen molar-refractivity contribution in [3.05, 3.63) is 52.1 Å². The summed E-state index contributed by atoms with van der Waals surface area (Å²) in [6, 6.07) is 7.79. The van der Waals surface area contributed by atoms with Crippen LogP contribution in [0.4, 0.5) is 0 Å². The van der Waals surface area contributed by atoms with Crippen LogP contribution in [0.3, 0.4) is 0 Å². The maximum absolute atomic E-state index is 13.5. The van der Waals surface area contributed by atoms with E-state index in [-0.39, 0.29) is 16.9 Å². The average Bonchev–Trinajstić information content (AvgIpc) is 2.95. The Kier molecular flexibility index (Phi) is 4.60.